The second-order valence-electron chi connectivity index (χ2n) is 6.62. The minimum Gasteiger partial charge on any atom is -0.424 e. The van der Waals surface area contributed by atoms with Gasteiger partial charge in [-0.1, -0.05) is 34.4 Å². The minimum atomic E-state index is -3.91. The first-order valence-electron chi connectivity index (χ1n) is 9.35. The lowest BCUT2D eigenvalue weighted by Gasteiger charge is -2.15. The van der Waals surface area contributed by atoms with Crippen LogP contribution in [0.3, 0.4) is 0 Å². The number of primary amides is 1. The molecule has 10 nitrogen and oxygen atoms in total. The molecular weight excluding hydrogens is 479 g/mol. The van der Waals surface area contributed by atoms with Crippen LogP contribution in [0.5, 0.6) is 11.8 Å². The minimum absolute atomic E-state index is 0.0310. The third-order valence-electron chi connectivity index (χ3n) is 4.29. The van der Waals surface area contributed by atoms with Crippen molar-refractivity contribution in [2.75, 3.05) is 5.32 Å². The van der Waals surface area contributed by atoms with Gasteiger partial charge in [-0.15, -0.1) is 5.10 Å². The first-order chi connectivity index (χ1) is 15.1. The Balaban J connectivity index is 1.82. The molecule has 3 rings (SSSR count). The summed E-state index contributed by atoms with van der Waals surface area (Å²) in [6.45, 7) is 3.88. The monoisotopic (exact) mass is 498 g/mol. The van der Waals surface area contributed by atoms with E-state index in [-0.39, 0.29) is 21.0 Å². The number of aromatic nitrogens is 3. The molecule has 1 atom stereocenters. The van der Waals surface area contributed by atoms with Crippen LogP contribution >= 0.6 is 23.2 Å². The van der Waals surface area contributed by atoms with Crippen LogP contribution < -0.4 is 20.5 Å². The van der Waals surface area contributed by atoms with E-state index in [9.17, 15) is 13.2 Å². The highest BCUT2D eigenvalue weighted by molar-refractivity contribution is 7.89. The molecule has 0 aliphatic rings. The summed E-state index contributed by atoms with van der Waals surface area (Å²) in [6, 6.07) is 9.29. The molecule has 0 spiro atoms. The largest absolute Gasteiger partial charge is 0.424 e. The van der Waals surface area contributed by atoms with E-state index < -0.39 is 22.1 Å². The molecule has 4 N–H and O–H groups in total. The van der Waals surface area contributed by atoms with E-state index in [4.69, 9.17) is 33.7 Å². The Kier molecular flexibility index (Phi) is 7.24. The number of carbonyl (C=O) groups excluding carboxylic acids is 1. The number of urea groups is 1. The topological polar surface area (TPSA) is 141 Å². The van der Waals surface area contributed by atoms with E-state index in [0.717, 1.165) is 0 Å². The Hall–Kier alpha value is -2.86. The van der Waals surface area contributed by atoms with Crippen LogP contribution in [-0.2, 0) is 16.6 Å². The Morgan fingerprint density at radius 3 is 2.59 bits per heavy atom. The predicted octanol–water partition coefficient (Wildman–Crippen LogP) is 3.93. The van der Waals surface area contributed by atoms with E-state index in [1.807, 2.05) is 6.92 Å². The van der Waals surface area contributed by atoms with Crippen LogP contribution in [0.15, 0.2) is 47.4 Å². The quantitative estimate of drug-likeness (QED) is 0.429. The van der Waals surface area contributed by atoms with Crippen LogP contribution in [0.2, 0.25) is 10.0 Å². The van der Waals surface area contributed by atoms with Gasteiger partial charge in [0.2, 0.25) is 10.0 Å². The van der Waals surface area contributed by atoms with Crippen molar-refractivity contribution >= 4 is 44.9 Å². The maximum absolute atomic E-state index is 12.8. The Labute approximate surface area is 194 Å². The molecule has 0 bridgehead atoms. The summed E-state index contributed by atoms with van der Waals surface area (Å²) in [5, 5.41) is 10.9. The maximum Gasteiger partial charge on any atom is 0.322 e. The van der Waals surface area contributed by atoms with Crippen molar-refractivity contribution in [2.45, 2.75) is 31.3 Å². The number of amides is 2. The van der Waals surface area contributed by atoms with Gasteiger partial charge in [0, 0.05) is 18.3 Å². The second-order valence-corrected chi connectivity index (χ2v) is 9.15. The van der Waals surface area contributed by atoms with Gasteiger partial charge in [-0.05, 0) is 44.2 Å². The summed E-state index contributed by atoms with van der Waals surface area (Å²) in [6.07, 6.45) is 0. The average Bonchev–Trinajstić information content (AvgIpc) is 3.12. The Morgan fingerprint density at radius 1 is 1.19 bits per heavy atom. The zero-order chi connectivity index (χ0) is 23.5. The molecule has 2 amide bonds. The summed E-state index contributed by atoms with van der Waals surface area (Å²) in [7, 11) is -3.91. The molecule has 1 unspecified atom stereocenters. The zero-order valence-corrected chi connectivity index (χ0v) is 19.4. The zero-order valence-electron chi connectivity index (χ0n) is 17.0. The fourth-order valence-corrected chi connectivity index (χ4v) is 4.47. The number of hydrogen-bond acceptors (Lipinski definition) is 6. The van der Waals surface area contributed by atoms with Crippen molar-refractivity contribution < 1.29 is 17.9 Å². The lowest BCUT2D eigenvalue weighted by molar-refractivity contribution is 0.259. The molecule has 0 saturated heterocycles. The van der Waals surface area contributed by atoms with Crippen LogP contribution in [0, 0.1) is 0 Å². The number of carbonyl (C=O) groups is 1. The number of sulfonamides is 1. The molecular formula is C19H20Cl2N6O4S. The summed E-state index contributed by atoms with van der Waals surface area (Å²) < 4.78 is 35.5. The number of hydrogen-bond donors (Lipinski definition) is 3. The first-order valence-corrected chi connectivity index (χ1v) is 11.6. The van der Waals surface area contributed by atoms with Crippen LogP contribution in [0.4, 0.5) is 10.5 Å². The number of benzene rings is 2. The fraction of sp³-hybridized carbons (Fsp3) is 0.211. The van der Waals surface area contributed by atoms with Gasteiger partial charge in [0.15, 0.2) is 5.82 Å². The predicted molar refractivity (Wildman–Crippen MR) is 121 cm³/mol. The molecule has 170 valence electrons. The average molecular weight is 499 g/mol. The second kappa shape index (κ2) is 9.74. The number of halogens is 2. The number of nitrogens with two attached hydrogens (primary N) is 1. The molecule has 3 aromatic rings. The summed E-state index contributed by atoms with van der Waals surface area (Å²) in [4.78, 5) is 11.0. The number of rotatable bonds is 8. The molecule has 32 heavy (non-hydrogen) atoms. The molecule has 13 heteroatoms. The van der Waals surface area contributed by atoms with Gasteiger partial charge >= 0.3 is 12.0 Å². The normalized spacial score (nSPS) is 12.4. The molecule has 0 saturated carbocycles. The van der Waals surface area contributed by atoms with Crippen molar-refractivity contribution in [3.8, 4) is 11.8 Å². The molecule has 0 fully saturated rings. The van der Waals surface area contributed by atoms with Gasteiger partial charge in [0.25, 0.3) is 0 Å². The summed E-state index contributed by atoms with van der Waals surface area (Å²) in [5.74, 6) is 0.728. The van der Waals surface area contributed by atoms with Crippen molar-refractivity contribution in [2.24, 2.45) is 5.73 Å². The fourth-order valence-electron chi connectivity index (χ4n) is 2.88. The molecule has 1 aromatic heterocycles. The van der Waals surface area contributed by atoms with Crippen molar-refractivity contribution in [3.63, 3.8) is 0 Å². The third-order valence-corrected chi connectivity index (χ3v) is 6.57. The highest BCUT2D eigenvalue weighted by Crippen LogP contribution is 2.27. The van der Waals surface area contributed by atoms with Crippen LogP contribution in [0.25, 0.3) is 0 Å². The van der Waals surface area contributed by atoms with Crippen molar-refractivity contribution in [1.29, 1.82) is 0 Å². The van der Waals surface area contributed by atoms with Gasteiger partial charge in [0.1, 0.15) is 5.75 Å². The standard InChI is InChI=1S/C19H20Cl2N6O4S/c1-3-27-17(11(2)26-32(29,30)14-7-8-15(20)16(21)10-14)24-25-19(27)31-13-6-4-5-12(9-13)23-18(22)28/h4-11,26H,3H2,1-2H3,(H3,22,23,28). The van der Waals surface area contributed by atoms with E-state index in [1.54, 1.807) is 35.8 Å². The van der Waals surface area contributed by atoms with E-state index in [0.29, 0.717) is 23.8 Å². The van der Waals surface area contributed by atoms with Gasteiger partial charge in [0.05, 0.1) is 21.0 Å². The number of ether oxygens (including phenoxy) is 1. The summed E-state index contributed by atoms with van der Waals surface area (Å²) >= 11 is 11.8. The van der Waals surface area contributed by atoms with E-state index >= 15 is 0 Å². The highest BCUT2D eigenvalue weighted by Gasteiger charge is 2.24. The molecule has 1 heterocycles. The number of nitrogens with zero attached hydrogens (tertiary/aromatic N) is 3. The SMILES string of the molecule is CCn1c(Oc2cccc(NC(N)=O)c2)nnc1C(C)NS(=O)(=O)c1ccc(Cl)c(Cl)c1. The van der Waals surface area contributed by atoms with Crippen LogP contribution in [-0.4, -0.2) is 29.2 Å². The van der Waals surface area contributed by atoms with Gasteiger partial charge < -0.3 is 15.8 Å². The van der Waals surface area contributed by atoms with Crippen molar-refractivity contribution in [1.82, 2.24) is 19.5 Å². The Morgan fingerprint density at radius 2 is 1.94 bits per heavy atom. The van der Waals surface area contributed by atoms with E-state index in [1.165, 1.54) is 18.2 Å². The van der Waals surface area contributed by atoms with Crippen molar-refractivity contribution in [3.05, 3.63) is 58.3 Å². The number of nitrogens with one attached hydrogen (secondary N) is 2. The lowest BCUT2D eigenvalue weighted by Crippen LogP contribution is -2.29. The number of anilines is 1. The van der Waals surface area contributed by atoms with Crippen LogP contribution in [0.1, 0.15) is 25.7 Å². The lowest BCUT2D eigenvalue weighted by atomic mass is 10.3. The van der Waals surface area contributed by atoms with E-state index in [2.05, 4.69) is 20.2 Å². The first kappa shape index (κ1) is 23.8. The van der Waals surface area contributed by atoms with Gasteiger partial charge in [-0.3, -0.25) is 4.57 Å². The maximum atomic E-state index is 12.8. The molecule has 0 aliphatic heterocycles. The highest BCUT2D eigenvalue weighted by atomic mass is 35.5. The smallest absolute Gasteiger partial charge is 0.322 e. The van der Waals surface area contributed by atoms with Gasteiger partial charge in [-0.2, -0.15) is 0 Å². The molecule has 0 aliphatic carbocycles. The van der Waals surface area contributed by atoms with Gasteiger partial charge in [-0.25, -0.2) is 17.9 Å². The third kappa shape index (κ3) is 5.49. The molecule has 2 aromatic carbocycles. The Bertz CT molecular complexity index is 1250. The summed E-state index contributed by atoms with van der Waals surface area (Å²) in [5.41, 5.74) is 5.58. The molecule has 0 radical (unpaired) electrons.